The third-order valence-electron chi connectivity index (χ3n) is 2.91. The van der Waals surface area contributed by atoms with Crippen LogP contribution in [-0.2, 0) is 0 Å². The lowest BCUT2D eigenvalue weighted by atomic mass is 10.2. The molecule has 2 aromatic carbocycles. The van der Waals surface area contributed by atoms with E-state index in [2.05, 4.69) is 17.0 Å². The van der Waals surface area contributed by atoms with Crippen LogP contribution in [0.4, 0.5) is 17.1 Å². The van der Waals surface area contributed by atoms with Gasteiger partial charge in [-0.2, -0.15) is 0 Å². The SMILES string of the molecule is Nc1ccc2c(c1)OCCN2c1ccccc1. The summed E-state index contributed by atoms with van der Waals surface area (Å²) in [6.45, 7) is 1.55. The molecule has 0 spiro atoms. The zero-order valence-corrected chi connectivity index (χ0v) is 9.47. The second-order valence-corrected chi connectivity index (χ2v) is 4.06. The van der Waals surface area contributed by atoms with E-state index in [0.717, 1.165) is 23.7 Å². The maximum Gasteiger partial charge on any atom is 0.145 e. The molecular weight excluding hydrogens is 212 g/mol. The van der Waals surface area contributed by atoms with Crippen LogP contribution >= 0.6 is 0 Å². The van der Waals surface area contributed by atoms with Crippen molar-refractivity contribution in [3.63, 3.8) is 0 Å². The predicted molar refractivity (Wildman–Crippen MR) is 69.8 cm³/mol. The van der Waals surface area contributed by atoms with Gasteiger partial charge >= 0.3 is 0 Å². The zero-order valence-electron chi connectivity index (χ0n) is 9.47. The number of fused-ring (bicyclic) bond motifs is 1. The summed E-state index contributed by atoms with van der Waals surface area (Å²) in [4.78, 5) is 2.25. The van der Waals surface area contributed by atoms with Crippen LogP contribution in [0.25, 0.3) is 0 Å². The Morgan fingerprint density at radius 2 is 1.88 bits per heavy atom. The minimum Gasteiger partial charge on any atom is -0.489 e. The van der Waals surface area contributed by atoms with Crippen LogP contribution in [0.15, 0.2) is 48.5 Å². The molecule has 0 saturated heterocycles. The number of ether oxygens (including phenoxy) is 1. The molecule has 3 heteroatoms. The summed E-state index contributed by atoms with van der Waals surface area (Å²) in [5, 5.41) is 0. The van der Waals surface area contributed by atoms with Crippen LogP contribution in [0.1, 0.15) is 0 Å². The Bertz CT molecular complexity index is 525. The van der Waals surface area contributed by atoms with Crippen molar-refractivity contribution in [1.82, 2.24) is 0 Å². The highest BCUT2D eigenvalue weighted by atomic mass is 16.5. The van der Waals surface area contributed by atoms with Crippen molar-refractivity contribution in [2.45, 2.75) is 0 Å². The first-order valence-corrected chi connectivity index (χ1v) is 5.69. The zero-order chi connectivity index (χ0) is 11.7. The van der Waals surface area contributed by atoms with E-state index in [1.807, 2.05) is 36.4 Å². The van der Waals surface area contributed by atoms with Crippen molar-refractivity contribution in [3.05, 3.63) is 48.5 Å². The van der Waals surface area contributed by atoms with Gasteiger partial charge in [-0.05, 0) is 24.3 Å². The molecule has 1 heterocycles. The smallest absolute Gasteiger partial charge is 0.145 e. The van der Waals surface area contributed by atoms with Crippen molar-refractivity contribution < 1.29 is 4.74 Å². The van der Waals surface area contributed by atoms with Crippen molar-refractivity contribution in [2.24, 2.45) is 0 Å². The molecule has 0 fully saturated rings. The number of hydrogen-bond acceptors (Lipinski definition) is 3. The molecule has 0 aliphatic carbocycles. The molecule has 86 valence electrons. The Morgan fingerprint density at radius 1 is 1.06 bits per heavy atom. The largest absolute Gasteiger partial charge is 0.489 e. The Hall–Kier alpha value is -2.16. The van der Waals surface area contributed by atoms with Gasteiger partial charge in [-0.15, -0.1) is 0 Å². The van der Waals surface area contributed by atoms with Crippen LogP contribution in [0, 0.1) is 0 Å². The van der Waals surface area contributed by atoms with Crippen LogP contribution in [0.5, 0.6) is 5.75 Å². The van der Waals surface area contributed by atoms with Crippen LogP contribution in [-0.4, -0.2) is 13.2 Å². The molecule has 0 unspecified atom stereocenters. The molecule has 0 amide bonds. The van der Waals surface area contributed by atoms with Gasteiger partial charge in [-0.3, -0.25) is 0 Å². The lowest BCUT2D eigenvalue weighted by Gasteiger charge is -2.31. The topological polar surface area (TPSA) is 38.5 Å². The molecule has 3 nitrogen and oxygen atoms in total. The van der Waals surface area contributed by atoms with Gasteiger partial charge in [-0.25, -0.2) is 0 Å². The van der Waals surface area contributed by atoms with E-state index in [9.17, 15) is 0 Å². The Kier molecular flexibility index (Phi) is 2.37. The molecule has 0 aromatic heterocycles. The molecule has 0 bridgehead atoms. The minimum absolute atomic E-state index is 0.686. The van der Waals surface area contributed by atoms with E-state index in [-0.39, 0.29) is 0 Å². The lowest BCUT2D eigenvalue weighted by Crippen LogP contribution is -2.28. The first-order valence-electron chi connectivity index (χ1n) is 5.69. The van der Waals surface area contributed by atoms with Gasteiger partial charge in [0, 0.05) is 17.4 Å². The van der Waals surface area contributed by atoms with E-state index < -0.39 is 0 Å². The number of nitrogens with two attached hydrogens (primary N) is 1. The summed E-state index contributed by atoms with van der Waals surface area (Å²) in [5.74, 6) is 0.861. The standard InChI is InChI=1S/C14H14N2O/c15-11-6-7-13-14(10-11)17-9-8-16(13)12-4-2-1-3-5-12/h1-7,10H,8-9,15H2. The maximum absolute atomic E-state index is 5.77. The fourth-order valence-electron chi connectivity index (χ4n) is 2.11. The second kappa shape index (κ2) is 4.01. The highest BCUT2D eigenvalue weighted by Crippen LogP contribution is 2.37. The maximum atomic E-state index is 5.77. The first kappa shape index (κ1) is 10.0. The summed E-state index contributed by atoms with van der Waals surface area (Å²) < 4.78 is 5.63. The van der Waals surface area contributed by atoms with Gasteiger partial charge in [-0.1, -0.05) is 18.2 Å². The molecule has 0 saturated carbocycles. The van der Waals surface area contributed by atoms with Gasteiger partial charge in [0.1, 0.15) is 12.4 Å². The molecule has 1 aliphatic heterocycles. The number of rotatable bonds is 1. The van der Waals surface area contributed by atoms with Crippen LogP contribution in [0.3, 0.4) is 0 Å². The molecule has 2 aromatic rings. The summed E-state index contributed by atoms with van der Waals surface area (Å²) in [5.41, 5.74) is 8.76. The minimum atomic E-state index is 0.686. The highest BCUT2D eigenvalue weighted by molar-refractivity contribution is 5.72. The third-order valence-corrected chi connectivity index (χ3v) is 2.91. The Labute approximate surface area is 100 Å². The lowest BCUT2D eigenvalue weighted by molar-refractivity contribution is 0.314. The first-order chi connectivity index (χ1) is 8.34. The van der Waals surface area contributed by atoms with Crippen LogP contribution in [0.2, 0.25) is 0 Å². The van der Waals surface area contributed by atoms with Gasteiger partial charge in [0.25, 0.3) is 0 Å². The number of benzene rings is 2. The predicted octanol–water partition coefficient (Wildman–Crippen LogP) is 2.80. The fourth-order valence-corrected chi connectivity index (χ4v) is 2.11. The summed E-state index contributed by atoms with van der Waals surface area (Å²) in [6, 6.07) is 16.1. The molecule has 1 aliphatic rings. The number of nitrogen functional groups attached to an aromatic ring is 1. The van der Waals surface area contributed by atoms with Crippen LogP contribution < -0.4 is 15.4 Å². The van der Waals surface area contributed by atoms with Crippen molar-refractivity contribution in [1.29, 1.82) is 0 Å². The number of anilines is 3. The number of para-hydroxylation sites is 1. The molecule has 2 N–H and O–H groups in total. The average Bonchev–Trinajstić information content (AvgIpc) is 2.39. The van der Waals surface area contributed by atoms with Gasteiger partial charge < -0.3 is 15.4 Å². The monoisotopic (exact) mass is 226 g/mol. The normalized spacial score (nSPS) is 14.0. The second-order valence-electron chi connectivity index (χ2n) is 4.06. The summed E-state index contributed by atoms with van der Waals surface area (Å²) >= 11 is 0. The number of hydrogen-bond donors (Lipinski definition) is 1. The van der Waals surface area contributed by atoms with E-state index in [1.165, 1.54) is 5.69 Å². The van der Waals surface area contributed by atoms with E-state index >= 15 is 0 Å². The average molecular weight is 226 g/mol. The Morgan fingerprint density at radius 3 is 2.71 bits per heavy atom. The van der Waals surface area contributed by atoms with Crippen molar-refractivity contribution in [2.75, 3.05) is 23.8 Å². The van der Waals surface area contributed by atoms with Gasteiger partial charge in [0.2, 0.25) is 0 Å². The molecule has 0 atom stereocenters. The van der Waals surface area contributed by atoms with E-state index in [1.54, 1.807) is 0 Å². The Balaban J connectivity index is 2.06. The van der Waals surface area contributed by atoms with Gasteiger partial charge in [0.15, 0.2) is 0 Å². The van der Waals surface area contributed by atoms with Gasteiger partial charge in [0.05, 0.1) is 12.2 Å². The molecule has 0 radical (unpaired) electrons. The van der Waals surface area contributed by atoms with E-state index in [4.69, 9.17) is 10.5 Å². The number of nitrogens with zero attached hydrogens (tertiary/aromatic N) is 1. The molecule has 17 heavy (non-hydrogen) atoms. The molecule has 3 rings (SSSR count). The highest BCUT2D eigenvalue weighted by Gasteiger charge is 2.19. The summed E-state index contributed by atoms with van der Waals surface area (Å²) in [6.07, 6.45) is 0. The fraction of sp³-hybridized carbons (Fsp3) is 0.143. The molecular formula is C14H14N2O. The summed E-state index contributed by atoms with van der Waals surface area (Å²) in [7, 11) is 0. The van der Waals surface area contributed by atoms with Crippen molar-refractivity contribution in [3.8, 4) is 5.75 Å². The van der Waals surface area contributed by atoms with Crippen molar-refractivity contribution >= 4 is 17.1 Å². The van der Waals surface area contributed by atoms with E-state index in [0.29, 0.717) is 6.61 Å². The quantitative estimate of drug-likeness (QED) is 0.760. The third kappa shape index (κ3) is 1.80.